The van der Waals surface area contributed by atoms with Gasteiger partial charge < -0.3 is 0 Å². The molecule has 9 heteroatoms. The number of rotatable bonds is 1. The Bertz CT molecular complexity index is 644. The predicted octanol–water partition coefficient (Wildman–Crippen LogP) is 1.42. The minimum Gasteiger partial charge on any atom is -0.274 e. The van der Waals surface area contributed by atoms with E-state index in [1.165, 1.54) is 10.8 Å². The van der Waals surface area contributed by atoms with Crippen molar-refractivity contribution in [1.82, 2.24) is 4.72 Å². The fourth-order valence-electron chi connectivity index (χ4n) is 1.67. The van der Waals surface area contributed by atoms with Crippen molar-refractivity contribution in [2.24, 2.45) is 0 Å². The Balaban J connectivity index is 2.40. The quantitative estimate of drug-likeness (QED) is 0.795. The third-order valence-electron chi connectivity index (χ3n) is 2.32. The van der Waals surface area contributed by atoms with Crippen molar-refractivity contribution >= 4 is 49.1 Å². The monoisotopic (exact) mass is 308 g/mol. The number of nitrogens with one attached hydrogen (secondary N) is 1. The van der Waals surface area contributed by atoms with Gasteiger partial charge in [-0.2, -0.15) is 8.42 Å². The highest BCUT2D eigenvalue weighted by Gasteiger charge is 2.34. The number of benzene rings is 1. The first-order chi connectivity index (χ1) is 8.29. The van der Waals surface area contributed by atoms with E-state index < -0.39 is 21.2 Å². The molecule has 0 spiro atoms. The highest BCUT2D eigenvalue weighted by Crippen LogP contribution is 2.34. The molecule has 0 saturated carbocycles. The van der Waals surface area contributed by atoms with Crippen LogP contribution in [0.25, 0.3) is 0 Å². The smallest absolute Gasteiger partial charge is 0.274 e. The number of hydrogen-bond acceptors (Lipinski definition) is 4. The molecular formula is C9H6Cl2N2O4S. The first-order valence-electron chi connectivity index (χ1n) is 4.66. The summed E-state index contributed by atoms with van der Waals surface area (Å²) in [7, 11) is 0.638. The lowest BCUT2D eigenvalue weighted by Crippen LogP contribution is -2.43. The fraction of sp³-hybridized carbons (Fsp3) is 0.111. The maximum atomic E-state index is 11.7. The fourth-order valence-corrected chi connectivity index (χ4v) is 2.40. The number of halogens is 2. The average Bonchev–Trinajstić information content (AvgIpc) is 2.53. The number of amides is 3. The summed E-state index contributed by atoms with van der Waals surface area (Å²) in [5, 5.41) is 0.338. The van der Waals surface area contributed by atoms with Gasteiger partial charge >= 0.3 is 15.3 Å². The van der Waals surface area contributed by atoms with Gasteiger partial charge in [0.1, 0.15) is 0 Å². The second-order valence-electron chi connectivity index (χ2n) is 3.49. The first kappa shape index (κ1) is 13.1. The van der Waals surface area contributed by atoms with Crippen LogP contribution in [0.3, 0.4) is 0 Å². The van der Waals surface area contributed by atoms with Gasteiger partial charge in [-0.05, 0) is 12.1 Å². The van der Waals surface area contributed by atoms with E-state index in [1.807, 2.05) is 0 Å². The van der Waals surface area contributed by atoms with Crippen LogP contribution in [0.15, 0.2) is 18.2 Å². The van der Waals surface area contributed by atoms with Gasteiger partial charge in [-0.1, -0.05) is 17.7 Å². The number of carbonyl (C=O) groups is 2. The zero-order valence-corrected chi connectivity index (χ0v) is 11.0. The van der Waals surface area contributed by atoms with E-state index in [1.54, 1.807) is 12.1 Å². The molecule has 0 radical (unpaired) electrons. The van der Waals surface area contributed by atoms with Crippen LogP contribution in [0.5, 0.6) is 0 Å². The summed E-state index contributed by atoms with van der Waals surface area (Å²) < 4.78 is 23.0. The number of imide groups is 1. The highest BCUT2D eigenvalue weighted by molar-refractivity contribution is 8.12. The molecule has 1 aliphatic heterocycles. The molecule has 1 aromatic rings. The van der Waals surface area contributed by atoms with Crippen molar-refractivity contribution in [1.29, 1.82) is 0 Å². The molecule has 0 bridgehead atoms. The molecular weight excluding hydrogens is 303 g/mol. The number of nitrogens with zero attached hydrogens (tertiary/aromatic N) is 1. The molecule has 1 aliphatic rings. The van der Waals surface area contributed by atoms with Crippen LogP contribution < -0.4 is 9.62 Å². The van der Waals surface area contributed by atoms with Crippen LogP contribution in [-0.2, 0) is 20.5 Å². The maximum absolute atomic E-state index is 11.7. The molecule has 96 valence electrons. The summed E-state index contributed by atoms with van der Waals surface area (Å²) in [5.41, 5.74) is 0.733. The molecule has 1 heterocycles. The van der Waals surface area contributed by atoms with E-state index in [9.17, 15) is 18.0 Å². The number of fused-ring (bicyclic) bond motifs is 1. The Morgan fingerprint density at radius 1 is 1.39 bits per heavy atom. The Labute approximate surface area is 112 Å². The van der Waals surface area contributed by atoms with E-state index in [2.05, 4.69) is 0 Å². The predicted molar refractivity (Wildman–Crippen MR) is 65.9 cm³/mol. The van der Waals surface area contributed by atoms with Gasteiger partial charge in [0.25, 0.3) is 0 Å². The highest BCUT2D eigenvalue weighted by atomic mass is 35.7. The summed E-state index contributed by atoms with van der Waals surface area (Å²) in [5.74, 6) is -0.573. The lowest BCUT2D eigenvalue weighted by atomic mass is 10.2. The van der Waals surface area contributed by atoms with Crippen LogP contribution in [0.1, 0.15) is 5.56 Å². The van der Waals surface area contributed by atoms with Crippen LogP contribution in [0.2, 0.25) is 5.02 Å². The second-order valence-corrected chi connectivity index (χ2v) is 6.19. The van der Waals surface area contributed by atoms with Gasteiger partial charge in [-0.25, -0.2) is 14.4 Å². The van der Waals surface area contributed by atoms with Gasteiger partial charge in [0.2, 0.25) is 5.91 Å². The summed E-state index contributed by atoms with van der Waals surface area (Å²) in [4.78, 5) is 24.0. The molecule has 0 saturated heterocycles. The summed E-state index contributed by atoms with van der Waals surface area (Å²) in [6.07, 6.45) is -0.0647. The Kier molecular flexibility index (Phi) is 3.22. The van der Waals surface area contributed by atoms with Crippen LogP contribution in [0.4, 0.5) is 10.5 Å². The van der Waals surface area contributed by atoms with Crippen LogP contribution >= 0.6 is 22.3 Å². The minimum absolute atomic E-state index is 0.0647. The van der Waals surface area contributed by atoms with Crippen molar-refractivity contribution < 1.29 is 18.0 Å². The Hall–Kier alpha value is -1.31. The molecule has 1 aromatic carbocycles. The van der Waals surface area contributed by atoms with Gasteiger partial charge in [0.15, 0.2) is 0 Å². The van der Waals surface area contributed by atoms with Gasteiger partial charge in [0.05, 0.1) is 12.1 Å². The van der Waals surface area contributed by atoms with E-state index in [4.69, 9.17) is 22.3 Å². The molecule has 0 aromatic heterocycles. The number of urea groups is 1. The Morgan fingerprint density at radius 2 is 2.06 bits per heavy atom. The molecule has 0 aliphatic carbocycles. The molecule has 6 nitrogen and oxygen atoms in total. The zero-order valence-electron chi connectivity index (χ0n) is 8.68. The molecule has 18 heavy (non-hydrogen) atoms. The lowest BCUT2D eigenvalue weighted by Gasteiger charge is -2.14. The molecule has 1 N–H and O–H groups in total. The van der Waals surface area contributed by atoms with Gasteiger partial charge in [-0.15, -0.1) is 0 Å². The Morgan fingerprint density at radius 3 is 2.67 bits per heavy atom. The van der Waals surface area contributed by atoms with E-state index in [0.29, 0.717) is 15.5 Å². The van der Waals surface area contributed by atoms with E-state index in [0.717, 1.165) is 0 Å². The van der Waals surface area contributed by atoms with Crippen molar-refractivity contribution in [3.8, 4) is 0 Å². The SMILES string of the molecule is O=C1Cc2c(Cl)cccc2N1C(=O)NS(=O)(=O)Cl. The molecule has 2 rings (SSSR count). The van der Waals surface area contributed by atoms with Crippen LogP contribution in [0, 0.1) is 0 Å². The molecule has 3 amide bonds. The van der Waals surface area contributed by atoms with Crippen molar-refractivity contribution in [2.45, 2.75) is 6.42 Å². The molecule has 0 atom stereocenters. The van der Waals surface area contributed by atoms with Crippen molar-refractivity contribution in [3.63, 3.8) is 0 Å². The summed E-state index contributed by atoms with van der Waals surface area (Å²) in [6, 6.07) is 3.49. The third kappa shape index (κ3) is 2.43. The number of carbonyl (C=O) groups excluding carboxylic acids is 2. The topological polar surface area (TPSA) is 83.6 Å². The summed E-state index contributed by atoms with van der Waals surface area (Å²) >= 11 is 5.88. The van der Waals surface area contributed by atoms with E-state index >= 15 is 0 Å². The third-order valence-corrected chi connectivity index (χ3v) is 3.33. The lowest BCUT2D eigenvalue weighted by molar-refractivity contribution is -0.116. The largest absolute Gasteiger partial charge is 0.343 e. The number of hydrogen-bond donors (Lipinski definition) is 1. The number of anilines is 1. The molecule has 0 unspecified atom stereocenters. The van der Waals surface area contributed by atoms with Crippen molar-refractivity contribution in [2.75, 3.05) is 4.90 Å². The van der Waals surface area contributed by atoms with Gasteiger partial charge in [-0.3, -0.25) is 4.79 Å². The normalized spacial score (nSPS) is 14.6. The summed E-state index contributed by atoms with van der Waals surface area (Å²) in [6.45, 7) is 0. The molecule has 0 fully saturated rings. The second kappa shape index (κ2) is 4.42. The van der Waals surface area contributed by atoms with Crippen LogP contribution in [-0.4, -0.2) is 20.4 Å². The maximum Gasteiger partial charge on any atom is 0.343 e. The van der Waals surface area contributed by atoms with Gasteiger partial charge in [0, 0.05) is 21.3 Å². The minimum atomic E-state index is -4.25. The van der Waals surface area contributed by atoms with Crippen molar-refractivity contribution in [3.05, 3.63) is 28.8 Å². The zero-order chi connectivity index (χ0) is 13.5. The standard InChI is InChI=1S/C9H6Cl2N2O4S/c10-6-2-1-3-7-5(6)4-8(14)13(7)9(15)12-18(11,16)17/h1-3H,4H2,(H,12,15). The first-order valence-corrected chi connectivity index (χ1v) is 7.35. The van der Waals surface area contributed by atoms with E-state index in [-0.39, 0.29) is 12.1 Å². The average molecular weight is 309 g/mol.